The Morgan fingerprint density at radius 1 is 0.857 bits per heavy atom. The number of carboxylic acids is 1. The Morgan fingerprint density at radius 2 is 1.29 bits per heavy atom. The predicted octanol–water partition coefficient (Wildman–Crippen LogP) is -1.77. The average Bonchev–Trinajstić information content (AvgIpc) is 2.37. The van der Waals surface area contributed by atoms with Crippen molar-refractivity contribution in [2.45, 2.75) is 26.4 Å². The normalized spacial score (nSPS) is 10.6. The number of nitrogens with one attached hydrogen (secondary N) is 3. The molecular formula is C12H21N3O6. The van der Waals surface area contributed by atoms with E-state index in [1.54, 1.807) is 20.8 Å². The molecule has 9 heteroatoms. The van der Waals surface area contributed by atoms with Crippen molar-refractivity contribution in [1.29, 1.82) is 0 Å². The van der Waals surface area contributed by atoms with Crippen LogP contribution in [0.15, 0.2) is 0 Å². The first-order valence-corrected chi connectivity index (χ1v) is 6.26. The largest absolute Gasteiger partial charge is 0.480 e. The monoisotopic (exact) mass is 303 g/mol. The second-order valence-electron chi connectivity index (χ2n) is 5.12. The molecule has 0 fully saturated rings. The van der Waals surface area contributed by atoms with Gasteiger partial charge in [-0.2, -0.15) is 0 Å². The van der Waals surface area contributed by atoms with Crippen molar-refractivity contribution in [2.24, 2.45) is 0 Å². The molecule has 0 spiro atoms. The summed E-state index contributed by atoms with van der Waals surface area (Å²) in [6.07, 6.45) is 0. The van der Waals surface area contributed by atoms with Crippen molar-refractivity contribution >= 4 is 23.7 Å². The zero-order valence-electron chi connectivity index (χ0n) is 12.3. The fourth-order valence-corrected chi connectivity index (χ4v) is 0.990. The van der Waals surface area contributed by atoms with Crippen LogP contribution < -0.4 is 16.0 Å². The highest BCUT2D eigenvalue weighted by molar-refractivity contribution is 5.89. The van der Waals surface area contributed by atoms with E-state index in [1.165, 1.54) is 0 Å². The topological polar surface area (TPSA) is 134 Å². The fourth-order valence-electron chi connectivity index (χ4n) is 0.990. The number of carbonyl (C=O) groups is 4. The highest BCUT2D eigenvalue weighted by Gasteiger charge is 2.13. The molecule has 0 unspecified atom stereocenters. The van der Waals surface area contributed by atoms with Gasteiger partial charge < -0.3 is 25.8 Å². The van der Waals surface area contributed by atoms with Crippen molar-refractivity contribution in [1.82, 2.24) is 16.0 Å². The Kier molecular flexibility index (Phi) is 7.99. The summed E-state index contributed by atoms with van der Waals surface area (Å²) in [6, 6.07) is 0. The summed E-state index contributed by atoms with van der Waals surface area (Å²) >= 11 is 0. The van der Waals surface area contributed by atoms with Crippen LogP contribution in [0.25, 0.3) is 0 Å². The molecule has 4 N–H and O–H groups in total. The van der Waals surface area contributed by atoms with Crippen molar-refractivity contribution < 1.29 is 29.0 Å². The van der Waals surface area contributed by atoms with E-state index >= 15 is 0 Å². The van der Waals surface area contributed by atoms with Gasteiger partial charge in [0.05, 0.1) is 18.7 Å². The molecule has 0 heterocycles. The lowest BCUT2D eigenvalue weighted by Crippen LogP contribution is -2.43. The highest BCUT2D eigenvalue weighted by Crippen LogP contribution is 2.05. The Bertz CT molecular complexity index is 402. The molecule has 0 aromatic carbocycles. The molecule has 0 saturated carbocycles. The summed E-state index contributed by atoms with van der Waals surface area (Å²) in [5.41, 5.74) is -0.457. The highest BCUT2D eigenvalue weighted by atomic mass is 16.5. The van der Waals surface area contributed by atoms with Gasteiger partial charge in [-0.15, -0.1) is 0 Å². The predicted molar refractivity (Wildman–Crippen MR) is 72.4 cm³/mol. The van der Waals surface area contributed by atoms with Gasteiger partial charge in [0.2, 0.25) is 17.7 Å². The van der Waals surface area contributed by atoms with Crippen LogP contribution in [0.5, 0.6) is 0 Å². The molecule has 0 aliphatic rings. The lowest BCUT2D eigenvalue weighted by molar-refractivity contribution is -0.138. The first-order valence-electron chi connectivity index (χ1n) is 6.26. The zero-order chi connectivity index (χ0) is 16.5. The van der Waals surface area contributed by atoms with Gasteiger partial charge >= 0.3 is 5.97 Å². The van der Waals surface area contributed by atoms with E-state index in [0.717, 1.165) is 0 Å². The number of aliphatic carboxylic acids is 1. The molecule has 0 saturated heterocycles. The van der Waals surface area contributed by atoms with Crippen LogP contribution in [0.1, 0.15) is 20.8 Å². The van der Waals surface area contributed by atoms with E-state index in [9.17, 15) is 19.2 Å². The molecule has 0 aromatic rings. The number of ether oxygens (including phenoxy) is 1. The molecule has 0 aliphatic carbocycles. The molecular weight excluding hydrogens is 282 g/mol. The van der Waals surface area contributed by atoms with E-state index < -0.39 is 35.8 Å². The Morgan fingerprint density at radius 3 is 1.71 bits per heavy atom. The maximum Gasteiger partial charge on any atom is 0.322 e. The molecule has 0 bridgehead atoms. The third kappa shape index (κ3) is 12.6. The summed E-state index contributed by atoms with van der Waals surface area (Å²) in [7, 11) is 0. The zero-order valence-corrected chi connectivity index (χ0v) is 12.3. The summed E-state index contributed by atoms with van der Waals surface area (Å²) in [6.45, 7) is 4.04. The molecule has 21 heavy (non-hydrogen) atoms. The van der Waals surface area contributed by atoms with Crippen LogP contribution in [-0.4, -0.2) is 60.6 Å². The Labute approximate surface area is 122 Å². The molecule has 120 valence electrons. The van der Waals surface area contributed by atoms with Crippen LogP contribution in [0.4, 0.5) is 0 Å². The summed E-state index contributed by atoms with van der Waals surface area (Å²) in [5.74, 6) is -2.83. The van der Waals surface area contributed by atoms with E-state index in [-0.39, 0.29) is 19.7 Å². The van der Waals surface area contributed by atoms with Crippen LogP contribution in [0.3, 0.4) is 0 Å². The molecule has 0 radical (unpaired) electrons. The van der Waals surface area contributed by atoms with Gasteiger partial charge in [0.15, 0.2) is 0 Å². The number of hydrogen-bond donors (Lipinski definition) is 4. The quantitative estimate of drug-likeness (QED) is 0.419. The smallest absolute Gasteiger partial charge is 0.322 e. The van der Waals surface area contributed by atoms with Gasteiger partial charge in [0, 0.05) is 0 Å². The Balaban J connectivity index is 3.78. The van der Waals surface area contributed by atoms with Gasteiger partial charge in [-0.05, 0) is 20.8 Å². The second kappa shape index (κ2) is 8.90. The van der Waals surface area contributed by atoms with Crippen LogP contribution >= 0.6 is 0 Å². The molecule has 0 rings (SSSR count). The minimum atomic E-state index is -1.18. The third-order valence-corrected chi connectivity index (χ3v) is 1.97. The van der Waals surface area contributed by atoms with E-state index in [0.29, 0.717) is 0 Å². The maximum absolute atomic E-state index is 11.3. The van der Waals surface area contributed by atoms with E-state index in [2.05, 4.69) is 16.0 Å². The molecule has 0 atom stereocenters. The van der Waals surface area contributed by atoms with E-state index in [1.807, 2.05) is 0 Å². The maximum atomic E-state index is 11.3. The Hall–Kier alpha value is -2.16. The third-order valence-electron chi connectivity index (χ3n) is 1.97. The number of carboxylic acid groups (broad SMARTS) is 1. The minimum absolute atomic E-state index is 0.171. The van der Waals surface area contributed by atoms with Crippen molar-refractivity contribution in [3.63, 3.8) is 0 Å². The molecule has 0 aromatic heterocycles. The molecule has 9 nitrogen and oxygen atoms in total. The number of amides is 3. The number of carbonyl (C=O) groups excluding carboxylic acids is 3. The summed E-state index contributed by atoms with van der Waals surface area (Å²) in [4.78, 5) is 44.0. The first kappa shape index (κ1) is 18.8. The number of hydrogen-bond acceptors (Lipinski definition) is 5. The molecule has 3 amide bonds. The van der Waals surface area contributed by atoms with Crippen LogP contribution in [-0.2, 0) is 23.9 Å². The second-order valence-corrected chi connectivity index (χ2v) is 5.12. The summed E-state index contributed by atoms with van der Waals surface area (Å²) in [5, 5.41) is 15.0. The van der Waals surface area contributed by atoms with Gasteiger partial charge in [-0.1, -0.05) is 0 Å². The lowest BCUT2D eigenvalue weighted by atomic mass is 10.2. The van der Waals surface area contributed by atoms with Crippen molar-refractivity contribution in [3.05, 3.63) is 0 Å². The SMILES string of the molecule is CC(C)(C)OCC(=O)NCC(=O)NCC(=O)NCC(=O)O. The van der Waals surface area contributed by atoms with Gasteiger partial charge in [-0.25, -0.2) is 0 Å². The lowest BCUT2D eigenvalue weighted by Gasteiger charge is -2.18. The van der Waals surface area contributed by atoms with Gasteiger partial charge in [0.25, 0.3) is 0 Å². The van der Waals surface area contributed by atoms with Crippen LogP contribution in [0, 0.1) is 0 Å². The van der Waals surface area contributed by atoms with Crippen LogP contribution in [0.2, 0.25) is 0 Å². The van der Waals surface area contributed by atoms with Crippen molar-refractivity contribution in [3.8, 4) is 0 Å². The van der Waals surface area contributed by atoms with Gasteiger partial charge in [0.1, 0.15) is 13.2 Å². The van der Waals surface area contributed by atoms with Gasteiger partial charge in [-0.3, -0.25) is 19.2 Å². The number of rotatable bonds is 8. The summed E-state index contributed by atoms with van der Waals surface area (Å²) < 4.78 is 5.21. The fraction of sp³-hybridized carbons (Fsp3) is 0.667. The van der Waals surface area contributed by atoms with E-state index in [4.69, 9.17) is 9.84 Å². The average molecular weight is 303 g/mol. The molecule has 0 aliphatic heterocycles. The minimum Gasteiger partial charge on any atom is -0.480 e. The van der Waals surface area contributed by atoms with Crippen molar-refractivity contribution in [2.75, 3.05) is 26.2 Å². The first-order chi connectivity index (χ1) is 9.60. The standard InChI is InChI=1S/C12H21N3O6/c1-12(2,3)21-7-10(18)14-5-8(16)13-4-9(17)15-6-11(19)20/h4-7H2,1-3H3,(H,13,16)(H,14,18)(H,15,17)(H,19,20).